The number of benzene rings is 1. The number of halogens is 1. The molecule has 0 bridgehead atoms. The van der Waals surface area contributed by atoms with Crippen LogP contribution in [-0.4, -0.2) is 20.6 Å². The summed E-state index contributed by atoms with van der Waals surface area (Å²) in [5.41, 5.74) is 0.442. The molecule has 0 saturated carbocycles. The second-order valence-electron chi connectivity index (χ2n) is 4.49. The number of rotatable bonds is 5. The molecule has 0 fully saturated rings. The summed E-state index contributed by atoms with van der Waals surface area (Å²) in [6.07, 6.45) is 4.17. The SMILES string of the molecule is Cn1cc(CCC(=O)Nc2ccc(F)c([N+](=O)[O-])c2)cn1. The first-order valence-corrected chi connectivity index (χ1v) is 6.17. The van der Waals surface area contributed by atoms with Gasteiger partial charge in [-0.25, -0.2) is 0 Å². The number of nitrogens with zero attached hydrogens (tertiary/aromatic N) is 3. The van der Waals surface area contributed by atoms with Gasteiger partial charge in [-0.2, -0.15) is 9.49 Å². The van der Waals surface area contributed by atoms with Crippen LogP contribution in [-0.2, 0) is 18.3 Å². The van der Waals surface area contributed by atoms with Gasteiger partial charge in [0.25, 0.3) is 0 Å². The lowest BCUT2D eigenvalue weighted by Gasteiger charge is -2.04. The highest BCUT2D eigenvalue weighted by molar-refractivity contribution is 5.91. The zero-order valence-corrected chi connectivity index (χ0v) is 11.2. The lowest BCUT2D eigenvalue weighted by atomic mass is 10.2. The molecular weight excluding hydrogens is 279 g/mol. The summed E-state index contributed by atoms with van der Waals surface area (Å²) in [7, 11) is 1.78. The number of hydrogen-bond acceptors (Lipinski definition) is 4. The third kappa shape index (κ3) is 3.85. The Morgan fingerprint density at radius 2 is 2.29 bits per heavy atom. The Morgan fingerprint density at radius 3 is 2.90 bits per heavy atom. The van der Waals surface area contributed by atoms with E-state index in [0.29, 0.717) is 6.42 Å². The average molecular weight is 292 g/mol. The van der Waals surface area contributed by atoms with Crippen LogP contribution >= 0.6 is 0 Å². The van der Waals surface area contributed by atoms with E-state index in [1.807, 2.05) is 0 Å². The van der Waals surface area contributed by atoms with Crippen molar-refractivity contribution in [3.63, 3.8) is 0 Å². The lowest BCUT2D eigenvalue weighted by Crippen LogP contribution is -2.12. The molecule has 110 valence electrons. The van der Waals surface area contributed by atoms with Crippen LogP contribution in [0.5, 0.6) is 0 Å². The van der Waals surface area contributed by atoms with Crippen molar-refractivity contribution < 1.29 is 14.1 Å². The van der Waals surface area contributed by atoms with E-state index in [0.717, 1.165) is 17.7 Å². The molecule has 1 amide bonds. The Hall–Kier alpha value is -2.77. The first-order chi connectivity index (χ1) is 9.95. The molecule has 1 heterocycles. The van der Waals surface area contributed by atoms with Crippen LogP contribution in [0.3, 0.4) is 0 Å². The van der Waals surface area contributed by atoms with Crippen LogP contribution < -0.4 is 5.32 Å². The molecule has 21 heavy (non-hydrogen) atoms. The fourth-order valence-corrected chi connectivity index (χ4v) is 1.81. The van der Waals surface area contributed by atoms with Crippen LogP contribution in [0, 0.1) is 15.9 Å². The standard InChI is InChI=1S/C13H13FN4O3/c1-17-8-9(7-15-17)2-5-13(19)16-10-3-4-11(14)12(6-10)18(20)21/h3-4,6-8H,2,5H2,1H3,(H,16,19). The van der Waals surface area contributed by atoms with Gasteiger partial charge in [-0.15, -0.1) is 0 Å². The Balaban J connectivity index is 1.96. The van der Waals surface area contributed by atoms with Crippen LogP contribution in [0.25, 0.3) is 0 Å². The van der Waals surface area contributed by atoms with E-state index < -0.39 is 16.4 Å². The fourth-order valence-electron chi connectivity index (χ4n) is 1.81. The van der Waals surface area contributed by atoms with Crippen LogP contribution in [0.4, 0.5) is 15.8 Å². The molecule has 0 aliphatic rings. The normalized spacial score (nSPS) is 10.4. The summed E-state index contributed by atoms with van der Waals surface area (Å²) >= 11 is 0. The van der Waals surface area contributed by atoms with Gasteiger partial charge in [0.2, 0.25) is 11.7 Å². The van der Waals surface area contributed by atoms with Gasteiger partial charge in [0.15, 0.2) is 0 Å². The maximum Gasteiger partial charge on any atom is 0.306 e. The Morgan fingerprint density at radius 1 is 1.52 bits per heavy atom. The molecule has 0 radical (unpaired) electrons. The van der Waals surface area contributed by atoms with Crippen molar-refractivity contribution in [3.05, 3.63) is 52.1 Å². The van der Waals surface area contributed by atoms with E-state index in [-0.39, 0.29) is 18.0 Å². The molecule has 2 rings (SSSR count). The maximum absolute atomic E-state index is 13.2. The second kappa shape index (κ2) is 6.12. The van der Waals surface area contributed by atoms with E-state index in [2.05, 4.69) is 10.4 Å². The molecule has 8 heteroatoms. The molecule has 0 aliphatic heterocycles. The minimum Gasteiger partial charge on any atom is -0.326 e. The summed E-state index contributed by atoms with van der Waals surface area (Å²) < 4.78 is 14.8. The van der Waals surface area contributed by atoms with Gasteiger partial charge in [-0.05, 0) is 24.1 Å². The third-order valence-corrected chi connectivity index (χ3v) is 2.83. The van der Waals surface area contributed by atoms with Gasteiger partial charge in [0, 0.05) is 31.4 Å². The number of amides is 1. The van der Waals surface area contributed by atoms with Crippen molar-refractivity contribution in [1.82, 2.24) is 9.78 Å². The van der Waals surface area contributed by atoms with E-state index >= 15 is 0 Å². The second-order valence-corrected chi connectivity index (χ2v) is 4.49. The van der Waals surface area contributed by atoms with Gasteiger partial charge in [0.1, 0.15) is 0 Å². The Kier molecular flexibility index (Phi) is 4.27. The molecular formula is C13H13FN4O3. The van der Waals surface area contributed by atoms with Crippen molar-refractivity contribution in [2.45, 2.75) is 12.8 Å². The minimum atomic E-state index is -0.937. The highest BCUT2D eigenvalue weighted by atomic mass is 19.1. The smallest absolute Gasteiger partial charge is 0.306 e. The number of carbonyl (C=O) groups excluding carboxylic acids is 1. The zero-order valence-electron chi connectivity index (χ0n) is 11.2. The predicted molar refractivity (Wildman–Crippen MR) is 73.2 cm³/mol. The monoisotopic (exact) mass is 292 g/mol. The fraction of sp³-hybridized carbons (Fsp3) is 0.231. The molecule has 0 aliphatic carbocycles. The molecule has 1 N–H and O–H groups in total. The summed E-state index contributed by atoms with van der Waals surface area (Å²) in [5, 5.41) is 17.1. The van der Waals surface area contributed by atoms with E-state index in [4.69, 9.17) is 0 Å². The van der Waals surface area contributed by atoms with Gasteiger partial charge in [-0.1, -0.05) is 0 Å². The van der Waals surface area contributed by atoms with Crippen molar-refractivity contribution in [2.75, 3.05) is 5.32 Å². The molecule has 1 aromatic heterocycles. The molecule has 2 aromatic rings. The van der Waals surface area contributed by atoms with Crippen molar-refractivity contribution in [2.24, 2.45) is 7.05 Å². The zero-order chi connectivity index (χ0) is 15.4. The van der Waals surface area contributed by atoms with E-state index in [1.54, 1.807) is 24.1 Å². The summed E-state index contributed by atoms with van der Waals surface area (Å²) in [4.78, 5) is 21.5. The highest BCUT2D eigenvalue weighted by Gasteiger charge is 2.15. The quantitative estimate of drug-likeness (QED) is 0.674. The minimum absolute atomic E-state index is 0.194. The predicted octanol–water partition coefficient (Wildman–Crippen LogP) is 2.04. The lowest BCUT2D eigenvalue weighted by molar-refractivity contribution is -0.387. The Labute approximate surface area is 119 Å². The van der Waals surface area contributed by atoms with Gasteiger partial charge < -0.3 is 5.32 Å². The number of nitro groups is 1. The molecule has 0 unspecified atom stereocenters. The van der Waals surface area contributed by atoms with Crippen LogP contribution in [0.1, 0.15) is 12.0 Å². The van der Waals surface area contributed by atoms with Gasteiger partial charge in [-0.3, -0.25) is 19.6 Å². The molecule has 0 spiro atoms. The maximum atomic E-state index is 13.2. The summed E-state index contributed by atoms with van der Waals surface area (Å²) in [6.45, 7) is 0. The number of nitro benzene ring substituents is 1. The average Bonchev–Trinajstić information content (AvgIpc) is 2.84. The highest BCUT2D eigenvalue weighted by Crippen LogP contribution is 2.21. The van der Waals surface area contributed by atoms with Crippen molar-refractivity contribution >= 4 is 17.3 Å². The summed E-state index contributed by atoms with van der Waals surface area (Å²) in [5.74, 6) is -1.24. The van der Waals surface area contributed by atoms with Crippen molar-refractivity contribution in [3.8, 4) is 0 Å². The van der Waals surface area contributed by atoms with E-state index in [1.165, 1.54) is 6.07 Å². The Bertz CT molecular complexity index is 684. The van der Waals surface area contributed by atoms with Gasteiger partial charge in [0.05, 0.1) is 11.1 Å². The molecule has 7 nitrogen and oxygen atoms in total. The summed E-state index contributed by atoms with van der Waals surface area (Å²) in [6, 6.07) is 3.23. The van der Waals surface area contributed by atoms with Crippen LogP contribution in [0.15, 0.2) is 30.6 Å². The van der Waals surface area contributed by atoms with Crippen LogP contribution in [0.2, 0.25) is 0 Å². The number of nitrogens with one attached hydrogen (secondary N) is 1. The number of hydrogen-bond donors (Lipinski definition) is 1. The number of carbonyl (C=O) groups is 1. The van der Waals surface area contributed by atoms with E-state index in [9.17, 15) is 19.3 Å². The molecule has 1 aromatic carbocycles. The number of aryl methyl sites for hydroxylation is 2. The first-order valence-electron chi connectivity index (χ1n) is 6.17. The molecule has 0 atom stereocenters. The van der Waals surface area contributed by atoms with Crippen molar-refractivity contribution in [1.29, 1.82) is 0 Å². The molecule has 0 saturated heterocycles. The van der Waals surface area contributed by atoms with Gasteiger partial charge >= 0.3 is 5.69 Å². The topological polar surface area (TPSA) is 90.1 Å². The first kappa shape index (κ1) is 14.6. The largest absolute Gasteiger partial charge is 0.326 e. The third-order valence-electron chi connectivity index (χ3n) is 2.83. The number of anilines is 1. The number of aromatic nitrogens is 2.